The van der Waals surface area contributed by atoms with E-state index in [4.69, 9.17) is 4.43 Å². The fourth-order valence-corrected chi connectivity index (χ4v) is 12.6. The summed E-state index contributed by atoms with van der Waals surface area (Å²) in [4.78, 5) is 12.7. The van der Waals surface area contributed by atoms with Crippen LogP contribution in [0.4, 0.5) is 0 Å². The zero-order valence-electron chi connectivity index (χ0n) is 22.8. The third kappa shape index (κ3) is 3.84. The molecule has 6 rings (SSSR count). The second kappa shape index (κ2) is 8.98. The van der Waals surface area contributed by atoms with Crippen LogP contribution in [0.1, 0.15) is 76.8 Å². The van der Waals surface area contributed by atoms with E-state index in [0.717, 1.165) is 37.9 Å². The summed E-state index contributed by atoms with van der Waals surface area (Å²) in [7, 11) is -2.64. The highest BCUT2D eigenvalue weighted by Crippen LogP contribution is 2.59. The summed E-state index contributed by atoms with van der Waals surface area (Å²) in [5.74, 6) is 3.34. The van der Waals surface area contributed by atoms with Crippen LogP contribution in [0.5, 0.6) is 5.75 Å². The van der Waals surface area contributed by atoms with Crippen LogP contribution < -0.4 is 14.8 Å². The van der Waals surface area contributed by atoms with Crippen molar-refractivity contribution in [3.8, 4) is 5.75 Å². The van der Waals surface area contributed by atoms with Gasteiger partial charge in [-0.3, -0.25) is 4.79 Å². The Morgan fingerprint density at radius 1 is 0.838 bits per heavy atom. The number of aryl methyl sites for hydroxylation is 1. The molecule has 2 fully saturated rings. The maximum atomic E-state index is 12.7. The molecule has 192 valence electrons. The molecule has 3 aromatic rings. The number of hydrogen-bond acceptors (Lipinski definition) is 2. The summed E-state index contributed by atoms with van der Waals surface area (Å²) in [6.45, 7) is 9.28. The zero-order chi connectivity index (χ0) is 25.8. The second-order valence-corrected chi connectivity index (χ2v) is 17.2. The molecule has 2 saturated carbocycles. The molecule has 0 aromatic heterocycles. The van der Waals surface area contributed by atoms with E-state index in [-0.39, 0.29) is 10.5 Å². The summed E-state index contributed by atoms with van der Waals surface area (Å²) in [5, 5.41) is 2.56. The Balaban J connectivity index is 1.38. The normalized spacial score (nSPS) is 27.2. The molecular formula is C34H40O2Si. The molecule has 3 aromatic carbocycles. The highest BCUT2D eigenvalue weighted by Gasteiger charge is 2.55. The Kier molecular flexibility index (Phi) is 5.99. The summed E-state index contributed by atoms with van der Waals surface area (Å²) < 4.78 is 7.33. The summed E-state index contributed by atoms with van der Waals surface area (Å²) in [6, 6.07) is 28.8. The van der Waals surface area contributed by atoms with E-state index in [1.807, 2.05) is 0 Å². The SMILES string of the molecule is CC(C)(C)[Si](Oc1ccc2c(c1)CC[C@@H]1[C@@H]2CC[C@]2(C)C(=O)CC[C@@H]12)(c1ccccc1)c1ccccc1. The molecule has 37 heavy (non-hydrogen) atoms. The van der Waals surface area contributed by atoms with Gasteiger partial charge in [-0.25, -0.2) is 0 Å². The third-order valence-corrected chi connectivity index (χ3v) is 15.0. The highest BCUT2D eigenvalue weighted by molar-refractivity contribution is 7.00. The fourth-order valence-electron chi connectivity index (χ4n) is 8.22. The number of hydrogen-bond donors (Lipinski definition) is 0. The van der Waals surface area contributed by atoms with E-state index < -0.39 is 8.32 Å². The Morgan fingerprint density at radius 2 is 1.49 bits per heavy atom. The van der Waals surface area contributed by atoms with Crippen LogP contribution in [0.3, 0.4) is 0 Å². The Hall–Kier alpha value is -2.65. The molecule has 3 heteroatoms. The van der Waals surface area contributed by atoms with Gasteiger partial charge in [0.05, 0.1) is 0 Å². The van der Waals surface area contributed by atoms with Crippen molar-refractivity contribution in [2.75, 3.05) is 0 Å². The van der Waals surface area contributed by atoms with Gasteiger partial charge >= 0.3 is 8.32 Å². The minimum absolute atomic E-state index is 0.0560. The van der Waals surface area contributed by atoms with Gasteiger partial charge in [-0.15, -0.1) is 0 Å². The molecule has 0 spiro atoms. The number of ketones is 1. The first kappa shape index (κ1) is 24.7. The predicted molar refractivity (Wildman–Crippen MR) is 154 cm³/mol. The molecule has 2 nitrogen and oxygen atoms in total. The number of fused-ring (bicyclic) bond motifs is 5. The van der Waals surface area contributed by atoms with Crippen LogP contribution in [0.25, 0.3) is 0 Å². The Labute approximate surface area is 223 Å². The van der Waals surface area contributed by atoms with Crippen molar-refractivity contribution < 1.29 is 9.22 Å². The Bertz CT molecular complexity index is 1250. The molecule has 0 radical (unpaired) electrons. The summed E-state index contributed by atoms with van der Waals surface area (Å²) in [6.07, 6.45) is 6.38. The average molecular weight is 509 g/mol. The number of benzene rings is 3. The summed E-state index contributed by atoms with van der Waals surface area (Å²) in [5.41, 5.74) is 2.92. The quantitative estimate of drug-likeness (QED) is 0.353. The third-order valence-electron chi connectivity index (χ3n) is 10.1. The number of rotatable bonds is 4. The first-order valence-electron chi connectivity index (χ1n) is 14.2. The van der Waals surface area contributed by atoms with E-state index >= 15 is 0 Å². The lowest BCUT2D eigenvalue weighted by atomic mass is 9.55. The van der Waals surface area contributed by atoms with Crippen molar-refractivity contribution in [2.24, 2.45) is 17.3 Å². The van der Waals surface area contributed by atoms with Crippen molar-refractivity contribution in [1.29, 1.82) is 0 Å². The largest absolute Gasteiger partial charge is 0.534 e. The molecule has 0 N–H and O–H groups in total. The topological polar surface area (TPSA) is 26.3 Å². The predicted octanol–water partition coefficient (Wildman–Crippen LogP) is 7.05. The summed E-state index contributed by atoms with van der Waals surface area (Å²) >= 11 is 0. The maximum absolute atomic E-state index is 12.7. The lowest BCUT2D eigenvalue weighted by molar-refractivity contribution is -0.129. The molecule has 0 unspecified atom stereocenters. The lowest BCUT2D eigenvalue weighted by Gasteiger charge is -2.48. The lowest BCUT2D eigenvalue weighted by Crippen LogP contribution is -2.68. The van der Waals surface area contributed by atoms with E-state index in [1.165, 1.54) is 27.9 Å². The first-order chi connectivity index (χ1) is 17.7. The van der Waals surface area contributed by atoms with Gasteiger partial charge in [-0.1, -0.05) is 94.4 Å². The number of carbonyl (C=O) groups excluding carboxylic acids is 1. The van der Waals surface area contributed by atoms with Gasteiger partial charge in [0.15, 0.2) is 0 Å². The van der Waals surface area contributed by atoms with Crippen molar-refractivity contribution in [2.45, 2.75) is 77.2 Å². The Morgan fingerprint density at radius 3 is 2.11 bits per heavy atom. The molecule has 4 atom stereocenters. The van der Waals surface area contributed by atoms with Gasteiger partial charge in [0.25, 0.3) is 0 Å². The zero-order valence-corrected chi connectivity index (χ0v) is 23.8. The van der Waals surface area contributed by atoms with Crippen LogP contribution in [0, 0.1) is 17.3 Å². The smallest absolute Gasteiger partial charge is 0.319 e. The van der Waals surface area contributed by atoms with Gasteiger partial charge in [-0.05, 0) is 88.5 Å². The minimum Gasteiger partial charge on any atom is -0.534 e. The van der Waals surface area contributed by atoms with E-state index in [9.17, 15) is 4.79 Å². The molecule has 3 aliphatic carbocycles. The van der Waals surface area contributed by atoms with Gasteiger partial charge in [-0.2, -0.15) is 0 Å². The number of carbonyl (C=O) groups is 1. The van der Waals surface area contributed by atoms with Crippen LogP contribution in [0.2, 0.25) is 5.04 Å². The van der Waals surface area contributed by atoms with Crippen LogP contribution >= 0.6 is 0 Å². The molecule has 0 aliphatic heterocycles. The fraction of sp³-hybridized carbons (Fsp3) is 0.441. The molecule has 0 heterocycles. The van der Waals surface area contributed by atoms with Gasteiger partial charge in [0.1, 0.15) is 11.5 Å². The molecule has 3 aliphatic rings. The van der Waals surface area contributed by atoms with Crippen molar-refractivity contribution >= 4 is 24.5 Å². The standard InChI is InChI=1S/C34H40O2Si/c1-33(2,3)37(26-11-7-5-8-12-26,27-13-9-6-10-14-27)36-25-16-18-28-24(23-25)15-17-30-29(28)21-22-34(4)31(30)19-20-32(34)35/h5-14,16,18,23,29-31H,15,17,19-22H2,1-4H3/t29-,30-,31+,34+/m1/s1. The second-order valence-electron chi connectivity index (χ2n) is 13.0. The van der Waals surface area contributed by atoms with Crippen molar-refractivity contribution in [3.63, 3.8) is 0 Å². The monoisotopic (exact) mass is 508 g/mol. The molecular weight excluding hydrogens is 468 g/mol. The van der Waals surface area contributed by atoms with Gasteiger partial charge in [0, 0.05) is 11.8 Å². The minimum atomic E-state index is -2.64. The van der Waals surface area contributed by atoms with E-state index in [1.54, 1.807) is 0 Å². The van der Waals surface area contributed by atoms with Crippen LogP contribution in [-0.4, -0.2) is 14.1 Å². The van der Waals surface area contributed by atoms with Crippen LogP contribution in [0.15, 0.2) is 78.9 Å². The van der Waals surface area contributed by atoms with Gasteiger partial charge < -0.3 is 4.43 Å². The van der Waals surface area contributed by atoms with Gasteiger partial charge in [0.2, 0.25) is 0 Å². The van der Waals surface area contributed by atoms with E-state index in [2.05, 4.69) is 107 Å². The van der Waals surface area contributed by atoms with Crippen molar-refractivity contribution in [3.05, 3.63) is 90.0 Å². The van der Waals surface area contributed by atoms with Crippen LogP contribution in [-0.2, 0) is 11.2 Å². The first-order valence-corrected chi connectivity index (χ1v) is 16.1. The highest BCUT2D eigenvalue weighted by atomic mass is 28.4. The molecule has 0 bridgehead atoms. The maximum Gasteiger partial charge on any atom is 0.319 e. The molecule has 0 saturated heterocycles. The molecule has 0 amide bonds. The average Bonchev–Trinajstić information content (AvgIpc) is 3.21. The van der Waals surface area contributed by atoms with E-state index in [0.29, 0.717) is 23.5 Å². The number of Topliss-reactive ketones (excluding diaryl/α,β-unsaturated/α-hetero) is 1. The van der Waals surface area contributed by atoms with Crippen molar-refractivity contribution in [1.82, 2.24) is 0 Å².